The van der Waals surface area contributed by atoms with Crippen molar-refractivity contribution in [2.45, 2.75) is 19.9 Å². The third-order valence-corrected chi connectivity index (χ3v) is 4.25. The molecule has 0 bridgehead atoms. The molecule has 0 atom stereocenters. The molecular weight excluding hydrogens is 310 g/mol. The lowest BCUT2D eigenvalue weighted by atomic mass is 10.3. The third kappa shape index (κ3) is 4.01. The van der Waals surface area contributed by atoms with Crippen molar-refractivity contribution in [2.24, 2.45) is 0 Å². The zero-order valence-electron chi connectivity index (χ0n) is 12.7. The number of carbonyl (C=O) groups excluding carboxylic acids is 1. The van der Waals surface area contributed by atoms with E-state index in [4.69, 9.17) is 0 Å². The quantitative estimate of drug-likeness (QED) is 0.727. The van der Waals surface area contributed by atoms with Gasteiger partial charge in [0.15, 0.2) is 0 Å². The zero-order chi connectivity index (χ0) is 16.1. The van der Waals surface area contributed by atoms with Crippen LogP contribution >= 0.6 is 11.3 Å². The molecule has 3 rings (SSSR count). The Labute approximate surface area is 138 Å². The highest BCUT2D eigenvalue weighted by atomic mass is 32.1. The lowest BCUT2D eigenvalue weighted by Crippen LogP contribution is -2.25. The molecule has 3 aromatic rings. The first-order valence-electron chi connectivity index (χ1n) is 7.34. The number of hydrogen-bond donors (Lipinski definition) is 2. The van der Waals surface area contributed by atoms with Gasteiger partial charge < -0.3 is 10.6 Å². The van der Waals surface area contributed by atoms with Gasteiger partial charge in [0.25, 0.3) is 0 Å². The number of nitrogens with zero attached hydrogens (tertiary/aromatic N) is 3. The lowest BCUT2D eigenvalue weighted by Gasteiger charge is -2.07. The number of anilines is 1. The molecule has 118 valence electrons. The largest absolute Gasteiger partial charge is 0.369 e. The number of fused-ring (bicyclic) bond motifs is 1. The van der Waals surface area contributed by atoms with Crippen LogP contribution in [0, 0.1) is 6.92 Å². The van der Waals surface area contributed by atoms with Gasteiger partial charge in [0.2, 0.25) is 5.91 Å². The molecule has 0 aliphatic heterocycles. The van der Waals surface area contributed by atoms with Crippen LogP contribution in [0.4, 0.5) is 5.82 Å². The maximum Gasteiger partial charge on any atom is 0.222 e. The van der Waals surface area contributed by atoms with E-state index in [0.29, 0.717) is 19.5 Å². The molecule has 3 heterocycles. The topological polar surface area (TPSA) is 79.8 Å². The van der Waals surface area contributed by atoms with Crippen molar-refractivity contribution in [3.63, 3.8) is 0 Å². The van der Waals surface area contributed by atoms with Crippen LogP contribution in [0.15, 0.2) is 36.8 Å². The fourth-order valence-corrected chi connectivity index (χ4v) is 3.04. The van der Waals surface area contributed by atoms with Crippen molar-refractivity contribution < 1.29 is 4.79 Å². The summed E-state index contributed by atoms with van der Waals surface area (Å²) in [4.78, 5) is 26.7. The van der Waals surface area contributed by atoms with Gasteiger partial charge in [-0.1, -0.05) is 6.07 Å². The summed E-state index contributed by atoms with van der Waals surface area (Å²) < 4.78 is 0. The number of hydrogen-bond acceptors (Lipinski definition) is 6. The van der Waals surface area contributed by atoms with Crippen LogP contribution in [0.25, 0.3) is 10.2 Å². The van der Waals surface area contributed by atoms with Crippen LogP contribution in [0.1, 0.15) is 17.0 Å². The Kier molecular flexibility index (Phi) is 4.77. The number of nitrogens with one attached hydrogen (secondary N) is 2. The molecule has 0 aromatic carbocycles. The molecule has 0 fully saturated rings. The number of pyridine rings is 1. The second-order valence-electron chi connectivity index (χ2n) is 5.07. The van der Waals surface area contributed by atoms with Crippen molar-refractivity contribution in [2.75, 3.05) is 11.9 Å². The molecule has 7 heteroatoms. The predicted molar refractivity (Wildman–Crippen MR) is 91.3 cm³/mol. The van der Waals surface area contributed by atoms with Crippen molar-refractivity contribution in [3.05, 3.63) is 47.4 Å². The Morgan fingerprint density at radius 2 is 2.17 bits per heavy atom. The Bertz CT molecular complexity index is 803. The minimum Gasteiger partial charge on any atom is -0.369 e. The minimum absolute atomic E-state index is 0.0186. The van der Waals surface area contributed by atoms with E-state index >= 15 is 0 Å². The molecule has 1 amide bonds. The van der Waals surface area contributed by atoms with Gasteiger partial charge in [0, 0.05) is 24.0 Å². The smallest absolute Gasteiger partial charge is 0.222 e. The van der Waals surface area contributed by atoms with Gasteiger partial charge in [-0.3, -0.25) is 9.78 Å². The lowest BCUT2D eigenvalue weighted by molar-refractivity contribution is -0.121. The maximum absolute atomic E-state index is 11.9. The highest BCUT2D eigenvalue weighted by molar-refractivity contribution is 7.18. The minimum atomic E-state index is -0.0186. The molecule has 0 spiro atoms. The van der Waals surface area contributed by atoms with E-state index in [2.05, 4.69) is 31.7 Å². The molecule has 6 nitrogen and oxygen atoms in total. The summed E-state index contributed by atoms with van der Waals surface area (Å²) in [7, 11) is 0. The van der Waals surface area contributed by atoms with Gasteiger partial charge >= 0.3 is 0 Å². The van der Waals surface area contributed by atoms with Gasteiger partial charge in [-0.15, -0.1) is 11.3 Å². The molecule has 0 saturated heterocycles. The van der Waals surface area contributed by atoms with E-state index in [-0.39, 0.29) is 5.91 Å². The Balaban J connectivity index is 1.49. The van der Waals surface area contributed by atoms with Gasteiger partial charge in [-0.2, -0.15) is 0 Å². The number of amides is 1. The van der Waals surface area contributed by atoms with Gasteiger partial charge in [-0.25, -0.2) is 9.97 Å². The monoisotopic (exact) mass is 327 g/mol. The van der Waals surface area contributed by atoms with Crippen LogP contribution in [-0.4, -0.2) is 27.4 Å². The SMILES string of the molecule is Cc1cc2c(NCCC(=O)NCc3ccccn3)ncnc2s1. The van der Waals surface area contributed by atoms with Gasteiger partial charge in [-0.05, 0) is 25.1 Å². The summed E-state index contributed by atoms with van der Waals surface area (Å²) in [5.74, 6) is 0.756. The highest BCUT2D eigenvalue weighted by Gasteiger charge is 2.07. The standard InChI is InChI=1S/C16H17N5OS/c1-11-8-13-15(20-10-21-16(13)23-11)18-7-5-14(22)19-9-12-4-2-3-6-17-12/h2-4,6,8,10H,5,7,9H2,1H3,(H,19,22)(H,18,20,21). The van der Waals surface area contributed by atoms with E-state index in [1.165, 1.54) is 4.88 Å². The summed E-state index contributed by atoms with van der Waals surface area (Å²) >= 11 is 1.63. The number of aromatic nitrogens is 3. The summed E-state index contributed by atoms with van der Waals surface area (Å²) in [5.41, 5.74) is 0.847. The average molecular weight is 327 g/mol. The fourth-order valence-electron chi connectivity index (χ4n) is 2.19. The van der Waals surface area contributed by atoms with E-state index in [0.717, 1.165) is 21.7 Å². The van der Waals surface area contributed by atoms with E-state index in [1.807, 2.05) is 25.1 Å². The third-order valence-electron chi connectivity index (χ3n) is 3.29. The average Bonchev–Trinajstić information content (AvgIpc) is 2.95. The molecule has 0 aliphatic rings. The van der Waals surface area contributed by atoms with E-state index in [9.17, 15) is 4.79 Å². The molecule has 23 heavy (non-hydrogen) atoms. The van der Waals surface area contributed by atoms with Crippen LogP contribution in [0.3, 0.4) is 0 Å². The Morgan fingerprint density at radius 3 is 3.00 bits per heavy atom. The molecule has 2 N–H and O–H groups in total. The van der Waals surface area contributed by atoms with E-state index in [1.54, 1.807) is 23.9 Å². The zero-order valence-corrected chi connectivity index (χ0v) is 13.6. The van der Waals surface area contributed by atoms with Gasteiger partial charge in [0.1, 0.15) is 17.0 Å². The normalized spacial score (nSPS) is 10.7. The second kappa shape index (κ2) is 7.15. The second-order valence-corrected chi connectivity index (χ2v) is 6.31. The molecular formula is C16H17N5OS. The maximum atomic E-state index is 11.9. The van der Waals surface area contributed by atoms with Gasteiger partial charge in [0.05, 0.1) is 17.6 Å². The molecule has 3 aromatic heterocycles. The van der Waals surface area contributed by atoms with E-state index < -0.39 is 0 Å². The Morgan fingerprint density at radius 1 is 1.26 bits per heavy atom. The first-order valence-corrected chi connectivity index (χ1v) is 8.15. The van der Waals surface area contributed by atoms with Crippen molar-refractivity contribution in [1.82, 2.24) is 20.3 Å². The number of aryl methyl sites for hydroxylation is 1. The molecule has 0 unspecified atom stereocenters. The molecule has 0 saturated carbocycles. The number of carbonyl (C=O) groups is 1. The van der Waals surface area contributed by atoms with Crippen molar-refractivity contribution >= 4 is 33.3 Å². The number of thiophene rings is 1. The first kappa shape index (κ1) is 15.4. The summed E-state index contributed by atoms with van der Waals surface area (Å²) in [6.45, 7) is 3.01. The predicted octanol–water partition coefficient (Wildman–Crippen LogP) is 2.51. The summed E-state index contributed by atoms with van der Waals surface area (Å²) in [5, 5.41) is 7.07. The highest BCUT2D eigenvalue weighted by Crippen LogP contribution is 2.27. The summed E-state index contributed by atoms with van der Waals surface area (Å²) in [6, 6.07) is 7.70. The summed E-state index contributed by atoms with van der Waals surface area (Å²) in [6.07, 6.45) is 3.63. The van der Waals surface area contributed by atoms with Crippen molar-refractivity contribution in [1.29, 1.82) is 0 Å². The van der Waals surface area contributed by atoms with Crippen LogP contribution in [0.5, 0.6) is 0 Å². The fraction of sp³-hybridized carbons (Fsp3) is 0.250. The first-order chi connectivity index (χ1) is 11.2. The molecule has 0 radical (unpaired) electrons. The van der Waals surface area contributed by atoms with Crippen molar-refractivity contribution in [3.8, 4) is 0 Å². The Hall–Kier alpha value is -2.54. The number of rotatable bonds is 6. The molecule has 0 aliphatic carbocycles. The van der Waals surface area contributed by atoms with Crippen LogP contribution in [0.2, 0.25) is 0 Å². The van der Waals surface area contributed by atoms with Crippen LogP contribution in [-0.2, 0) is 11.3 Å². The van der Waals surface area contributed by atoms with Crippen LogP contribution < -0.4 is 10.6 Å².